The maximum Gasteiger partial charge on any atom is 0.160 e. The van der Waals surface area contributed by atoms with Gasteiger partial charge in [0, 0.05) is 11.7 Å². The van der Waals surface area contributed by atoms with Crippen molar-refractivity contribution in [3.63, 3.8) is 0 Å². The van der Waals surface area contributed by atoms with Gasteiger partial charge in [-0.05, 0) is 57.5 Å². The molecule has 5 heteroatoms. The van der Waals surface area contributed by atoms with Gasteiger partial charge in [0.2, 0.25) is 0 Å². The number of anilines is 1. The van der Waals surface area contributed by atoms with Gasteiger partial charge in [0.05, 0.1) is 10.0 Å². The van der Waals surface area contributed by atoms with E-state index in [1.165, 1.54) is 12.8 Å². The second-order valence-corrected chi connectivity index (χ2v) is 6.27. The highest BCUT2D eigenvalue weighted by molar-refractivity contribution is 6.35. The van der Waals surface area contributed by atoms with Gasteiger partial charge in [0.15, 0.2) is 5.82 Å². The van der Waals surface area contributed by atoms with Crippen LogP contribution in [0.4, 0.5) is 10.1 Å². The molecule has 1 saturated heterocycles. The summed E-state index contributed by atoms with van der Waals surface area (Å²) in [7, 11) is 0. The summed E-state index contributed by atoms with van der Waals surface area (Å²) < 4.78 is 13.4. The summed E-state index contributed by atoms with van der Waals surface area (Å²) in [6.07, 6.45) is 2.37. The zero-order chi connectivity index (χ0) is 14.7. The van der Waals surface area contributed by atoms with Crippen LogP contribution in [0, 0.1) is 11.7 Å². The number of halogens is 3. The molecule has 1 fully saturated rings. The standard InChI is InChI=1S/C15H21Cl2FN2/c1-3-20-6-4-11(5-7-20)10(2)19-12-8-13(16)15(18)14(17)9-12/h8-11,19H,3-7H2,1-2H3. The van der Waals surface area contributed by atoms with Crippen molar-refractivity contribution >= 4 is 28.9 Å². The second kappa shape index (κ2) is 6.97. The van der Waals surface area contributed by atoms with E-state index >= 15 is 0 Å². The monoisotopic (exact) mass is 318 g/mol. The van der Waals surface area contributed by atoms with Crippen LogP contribution < -0.4 is 5.32 Å². The predicted molar refractivity (Wildman–Crippen MR) is 84.3 cm³/mol. The number of benzene rings is 1. The Morgan fingerprint density at radius 2 is 1.85 bits per heavy atom. The predicted octanol–water partition coefficient (Wildman–Crippen LogP) is 4.66. The Morgan fingerprint density at radius 3 is 2.35 bits per heavy atom. The molecule has 1 aliphatic heterocycles. The number of hydrogen-bond acceptors (Lipinski definition) is 2. The Bertz CT molecular complexity index is 436. The van der Waals surface area contributed by atoms with Crippen LogP contribution in [-0.2, 0) is 0 Å². The van der Waals surface area contributed by atoms with Crippen LogP contribution in [0.5, 0.6) is 0 Å². The van der Waals surface area contributed by atoms with Gasteiger partial charge in [-0.3, -0.25) is 0 Å². The average molecular weight is 319 g/mol. The van der Waals surface area contributed by atoms with Gasteiger partial charge >= 0.3 is 0 Å². The van der Waals surface area contributed by atoms with Crippen molar-refractivity contribution in [1.29, 1.82) is 0 Å². The molecule has 0 aromatic heterocycles. The molecule has 1 atom stereocenters. The normalized spacial score (nSPS) is 19.1. The fraction of sp³-hybridized carbons (Fsp3) is 0.600. The number of hydrogen-bond donors (Lipinski definition) is 1. The van der Waals surface area contributed by atoms with Crippen LogP contribution in [0.25, 0.3) is 0 Å². The van der Waals surface area contributed by atoms with Crippen molar-refractivity contribution in [2.75, 3.05) is 25.0 Å². The van der Waals surface area contributed by atoms with Gasteiger partial charge in [0.1, 0.15) is 0 Å². The molecule has 0 aliphatic carbocycles. The van der Waals surface area contributed by atoms with E-state index < -0.39 is 5.82 Å². The number of likely N-dealkylation sites (tertiary alicyclic amines) is 1. The molecular formula is C15H21Cl2FN2. The quantitative estimate of drug-likeness (QED) is 0.812. The lowest BCUT2D eigenvalue weighted by Crippen LogP contribution is -2.39. The van der Waals surface area contributed by atoms with Gasteiger partial charge in [-0.2, -0.15) is 0 Å². The minimum absolute atomic E-state index is 0.0630. The number of rotatable bonds is 4. The van der Waals surface area contributed by atoms with Gasteiger partial charge in [0.25, 0.3) is 0 Å². The van der Waals surface area contributed by atoms with Crippen molar-refractivity contribution in [2.45, 2.75) is 32.7 Å². The minimum atomic E-state index is -0.553. The first-order valence-electron chi connectivity index (χ1n) is 7.14. The molecule has 0 spiro atoms. The van der Waals surface area contributed by atoms with E-state index in [4.69, 9.17) is 23.2 Å². The summed E-state index contributed by atoms with van der Waals surface area (Å²) in [5.74, 6) is 0.0724. The molecule has 0 bridgehead atoms. The third-order valence-electron chi connectivity index (χ3n) is 4.16. The molecule has 112 valence electrons. The molecule has 1 N–H and O–H groups in total. The van der Waals surface area contributed by atoms with E-state index in [2.05, 4.69) is 24.1 Å². The van der Waals surface area contributed by atoms with Crippen LogP contribution in [0.2, 0.25) is 10.0 Å². The zero-order valence-electron chi connectivity index (χ0n) is 11.9. The van der Waals surface area contributed by atoms with E-state index in [1.54, 1.807) is 12.1 Å². The molecule has 20 heavy (non-hydrogen) atoms. The van der Waals surface area contributed by atoms with Crippen molar-refractivity contribution in [2.24, 2.45) is 5.92 Å². The summed E-state index contributed by atoms with van der Waals surface area (Å²) in [6, 6.07) is 3.52. The molecule has 1 aromatic rings. The van der Waals surface area contributed by atoms with Crippen molar-refractivity contribution < 1.29 is 4.39 Å². The maximum absolute atomic E-state index is 13.4. The number of piperidine rings is 1. The largest absolute Gasteiger partial charge is 0.382 e. The fourth-order valence-corrected chi connectivity index (χ4v) is 3.28. The third-order valence-corrected chi connectivity index (χ3v) is 4.71. The average Bonchev–Trinajstić information content (AvgIpc) is 2.44. The van der Waals surface area contributed by atoms with Crippen LogP contribution in [0.1, 0.15) is 26.7 Å². The highest BCUT2D eigenvalue weighted by Crippen LogP contribution is 2.29. The van der Waals surface area contributed by atoms with Gasteiger partial charge < -0.3 is 10.2 Å². The van der Waals surface area contributed by atoms with E-state index in [9.17, 15) is 4.39 Å². The van der Waals surface area contributed by atoms with E-state index in [1.807, 2.05) is 0 Å². The number of nitrogens with one attached hydrogen (secondary N) is 1. The summed E-state index contributed by atoms with van der Waals surface area (Å²) in [4.78, 5) is 2.47. The Morgan fingerprint density at radius 1 is 1.30 bits per heavy atom. The summed E-state index contributed by atoms with van der Waals surface area (Å²) in [5.41, 5.74) is 0.784. The third kappa shape index (κ3) is 3.78. The number of nitrogens with zero attached hydrogens (tertiary/aromatic N) is 1. The SMILES string of the molecule is CCN1CCC(C(C)Nc2cc(Cl)c(F)c(Cl)c2)CC1. The lowest BCUT2D eigenvalue weighted by Gasteiger charge is -2.34. The molecule has 2 nitrogen and oxygen atoms in total. The lowest BCUT2D eigenvalue weighted by molar-refractivity contribution is 0.183. The first kappa shape index (κ1) is 15.9. The van der Waals surface area contributed by atoms with Gasteiger partial charge in [-0.15, -0.1) is 0 Å². The molecule has 1 aliphatic rings. The highest BCUT2D eigenvalue weighted by Gasteiger charge is 2.23. The second-order valence-electron chi connectivity index (χ2n) is 5.46. The Kier molecular flexibility index (Phi) is 5.53. The first-order chi connectivity index (χ1) is 9.51. The molecule has 1 unspecified atom stereocenters. The molecule has 2 rings (SSSR count). The van der Waals surface area contributed by atoms with E-state index in [0.29, 0.717) is 12.0 Å². The fourth-order valence-electron chi connectivity index (χ4n) is 2.79. The van der Waals surface area contributed by atoms with E-state index in [-0.39, 0.29) is 10.0 Å². The van der Waals surface area contributed by atoms with Crippen LogP contribution in [0.15, 0.2) is 12.1 Å². The Labute approximate surface area is 130 Å². The molecule has 1 aromatic carbocycles. The van der Waals surface area contributed by atoms with Crippen molar-refractivity contribution in [3.05, 3.63) is 28.0 Å². The summed E-state index contributed by atoms with van der Waals surface area (Å²) in [6.45, 7) is 7.79. The smallest absolute Gasteiger partial charge is 0.160 e. The van der Waals surface area contributed by atoms with Gasteiger partial charge in [-0.1, -0.05) is 30.1 Å². The van der Waals surface area contributed by atoms with Crippen LogP contribution in [-0.4, -0.2) is 30.6 Å². The maximum atomic E-state index is 13.4. The highest BCUT2D eigenvalue weighted by atomic mass is 35.5. The lowest BCUT2D eigenvalue weighted by atomic mass is 9.90. The Hall–Kier alpha value is -0.510. The molecule has 0 saturated carbocycles. The van der Waals surface area contributed by atoms with Crippen molar-refractivity contribution in [3.8, 4) is 0 Å². The first-order valence-corrected chi connectivity index (χ1v) is 7.90. The van der Waals surface area contributed by atoms with Gasteiger partial charge in [-0.25, -0.2) is 4.39 Å². The van der Waals surface area contributed by atoms with Crippen LogP contribution in [0.3, 0.4) is 0 Å². The summed E-state index contributed by atoms with van der Waals surface area (Å²) >= 11 is 11.6. The zero-order valence-corrected chi connectivity index (χ0v) is 13.4. The van der Waals surface area contributed by atoms with E-state index in [0.717, 1.165) is 25.3 Å². The molecule has 1 heterocycles. The Balaban J connectivity index is 1.96. The van der Waals surface area contributed by atoms with Crippen molar-refractivity contribution in [1.82, 2.24) is 4.90 Å². The van der Waals surface area contributed by atoms with Crippen LogP contribution >= 0.6 is 23.2 Å². The summed E-state index contributed by atoms with van der Waals surface area (Å²) in [5, 5.41) is 3.53. The topological polar surface area (TPSA) is 15.3 Å². The molecule has 0 amide bonds. The molecule has 0 radical (unpaired) electrons. The minimum Gasteiger partial charge on any atom is -0.382 e. The molecular weight excluding hydrogens is 298 g/mol.